The molecule has 0 spiro atoms. The number of thioether (sulfide) groups is 1. The van der Waals surface area contributed by atoms with E-state index in [9.17, 15) is 9.59 Å². The maximum Gasteiger partial charge on any atom is 0.261 e. The SMILES string of the molecule is CCCNc1nnc(SCCCN2C(=O)c3ccccc3C2=O)s1. The summed E-state index contributed by atoms with van der Waals surface area (Å²) in [6.45, 7) is 3.42. The van der Waals surface area contributed by atoms with Crippen LogP contribution in [0.15, 0.2) is 28.6 Å². The zero-order valence-electron chi connectivity index (χ0n) is 13.3. The highest BCUT2D eigenvalue weighted by atomic mass is 32.2. The number of imide groups is 1. The maximum atomic E-state index is 12.2. The van der Waals surface area contributed by atoms with Gasteiger partial charge in [-0.25, -0.2) is 0 Å². The van der Waals surface area contributed by atoms with E-state index in [0.29, 0.717) is 17.7 Å². The van der Waals surface area contributed by atoms with Crippen molar-refractivity contribution in [1.29, 1.82) is 0 Å². The molecule has 0 radical (unpaired) electrons. The number of rotatable bonds is 8. The molecular formula is C16H18N4O2S2. The van der Waals surface area contributed by atoms with Crippen molar-refractivity contribution in [1.82, 2.24) is 15.1 Å². The molecule has 0 fully saturated rings. The lowest BCUT2D eigenvalue weighted by atomic mass is 10.1. The molecule has 0 unspecified atom stereocenters. The van der Waals surface area contributed by atoms with Crippen molar-refractivity contribution in [3.05, 3.63) is 35.4 Å². The van der Waals surface area contributed by atoms with Crippen LogP contribution in [0, 0.1) is 0 Å². The van der Waals surface area contributed by atoms with Crippen LogP contribution in [0.1, 0.15) is 40.5 Å². The summed E-state index contributed by atoms with van der Waals surface area (Å²) in [5, 5.41) is 12.2. The number of carbonyl (C=O) groups is 2. The van der Waals surface area contributed by atoms with E-state index in [1.165, 1.54) is 16.2 Å². The normalized spacial score (nSPS) is 13.5. The van der Waals surface area contributed by atoms with Gasteiger partial charge in [0.25, 0.3) is 11.8 Å². The van der Waals surface area contributed by atoms with Crippen molar-refractivity contribution in [3.8, 4) is 0 Å². The van der Waals surface area contributed by atoms with Crippen molar-refractivity contribution < 1.29 is 9.59 Å². The number of amides is 2. The van der Waals surface area contributed by atoms with Gasteiger partial charge in [-0.15, -0.1) is 10.2 Å². The molecule has 0 saturated carbocycles. The van der Waals surface area contributed by atoms with Gasteiger partial charge >= 0.3 is 0 Å². The fourth-order valence-electron chi connectivity index (χ4n) is 2.40. The van der Waals surface area contributed by atoms with Gasteiger partial charge in [-0.3, -0.25) is 14.5 Å². The minimum absolute atomic E-state index is 0.192. The van der Waals surface area contributed by atoms with Crippen molar-refractivity contribution in [2.75, 3.05) is 24.2 Å². The minimum Gasteiger partial charge on any atom is -0.360 e. The summed E-state index contributed by atoms with van der Waals surface area (Å²) in [7, 11) is 0. The zero-order valence-corrected chi connectivity index (χ0v) is 15.0. The number of nitrogens with one attached hydrogen (secondary N) is 1. The van der Waals surface area contributed by atoms with Gasteiger partial charge in [0, 0.05) is 18.8 Å². The van der Waals surface area contributed by atoms with Gasteiger partial charge in [0.1, 0.15) is 0 Å². The average Bonchev–Trinajstić information content (AvgIpc) is 3.15. The monoisotopic (exact) mass is 362 g/mol. The van der Waals surface area contributed by atoms with Crippen LogP contribution in [0.4, 0.5) is 5.13 Å². The van der Waals surface area contributed by atoms with E-state index < -0.39 is 0 Å². The Hall–Kier alpha value is -1.93. The first-order chi connectivity index (χ1) is 11.7. The molecule has 1 aromatic carbocycles. The molecule has 8 heteroatoms. The van der Waals surface area contributed by atoms with E-state index in [2.05, 4.69) is 22.4 Å². The van der Waals surface area contributed by atoms with Crippen LogP contribution in [-0.2, 0) is 0 Å². The van der Waals surface area contributed by atoms with E-state index in [0.717, 1.165) is 34.6 Å². The first-order valence-corrected chi connectivity index (χ1v) is 9.66. The Kier molecular flexibility index (Phi) is 5.47. The van der Waals surface area contributed by atoms with Crippen molar-refractivity contribution in [3.63, 3.8) is 0 Å². The summed E-state index contributed by atoms with van der Waals surface area (Å²) in [5.41, 5.74) is 1.01. The van der Waals surface area contributed by atoms with Gasteiger partial charge in [-0.2, -0.15) is 0 Å². The Morgan fingerprint density at radius 1 is 1.17 bits per heavy atom. The van der Waals surface area contributed by atoms with Gasteiger partial charge in [0.15, 0.2) is 4.34 Å². The van der Waals surface area contributed by atoms with Gasteiger partial charge in [-0.1, -0.05) is 42.2 Å². The number of aromatic nitrogens is 2. The van der Waals surface area contributed by atoms with Crippen LogP contribution < -0.4 is 5.32 Å². The maximum absolute atomic E-state index is 12.2. The summed E-state index contributed by atoms with van der Waals surface area (Å²) in [4.78, 5) is 25.8. The van der Waals surface area contributed by atoms with Crippen molar-refractivity contribution in [2.45, 2.75) is 24.1 Å². The van der Waals surface area contributed by atoms with Gasteiger partial charge < -0.3 is 5.32 Å². The highest BCUT2D eigenvalue weighted by Gasteiger charge is 2.34. The lowest BCUT2D eigenvalue weighted by molar-refractivity contribution is 0.0655. The van der Waals surface area contributed by atoms with E-state index in [4.69, 9.17) is 0 Å². The quantitative estimate of drug-likeness (QED) is 0.442. The van der Waals surface area contributed by atoms with Gasteiger partial charge in [0.2, 0.25) is 5.13 Å². The van der Waals surface area contributed by atoms with Crippen LogP contribution in [0.3, 0.4) is 0 Å². The molecule has 126 valence electrons. The predicted molar refractivity (Wildman–Crippen MR) is 95.8 cm³/mol. The van der Waals surface area contributed by atoms with E-state index in [1.807, 2.05) is 0 Å². The smallest absolute Gasteiger partial charge is 0.261 e. The van der Waals surface area contributed by atoms with Crippen molar-refractivity contribution in [2.24, 2.45) is 0 Å². The molecule has 0 aliphatic carbocycles. The lowest BCUT2D eigenvalue weighted by Gasteiger charge is -2.12. The Labute approximate surface area is 148 Å². The summed E-state index contributed by atoms with van der Waals surface area (Å²) >= 11 is 3.13. The van der Waals surface area contributed by atoms with E-state index in [1.54, 1.807) is 36.0 Å². The van der Waals surface area contributed by atoms with Gasteiger partial charge in [-0.05, 0) is 25.0 Å². The molecule has 2 heterocycles. The molecule has 3 rings (SSSR count). The second-order valence-corrected chi connectivity index (χ2v) is 7.63. The van der Waals surface area contributed by atoms with Crippen LogP contribution >= 0.6 is 23.1 Å². The second-order valence-electron chi connectivity index (χ2n) is 5.31. The molecule has 24 heavy (non-hydrogen) atoms. The van der Waals surface area contributed by atoms with Crippen LogP contribution in [0.5, 0.6) is 0 Å². The van der Waals surface area contributed by atoms with Crippen LogP contribution in [0.25, 0.3) is 0 Å². The fraction of sp³-hybridized carbons (Fsp3) is 0.375. The fourth-order valence-corrected chi connectivity index (χ4v) is 4.17. The third kappa shape index (κ3) is 3.59. The molecule has 0 bridgehead atoms. The zero-order chi connectivity index (χ0) is 16.9. The molecule has 2 amide bonds. The topological polar surface area (TPSA) is 75.2 Å². The van der Waals surface area contributed by atoms with Crippen molar-refractivity contribution >= 4 is 40.0 Å². The Morgan fingerprint density at radius 2 is 1.88 bits per heavy atom. The van der Waals surface area contributed by atoms with Gasteiger partial charge in [0.05, 0.1) is 11.1 Å². The van der Waals surface area contributed by atoms with Crippen LogP contribution in [-0.4, -0.2) is 45.8 Å². The summed E-state index contributed by atoms with van der Waals surface area (Å²) in [6.07, 6.45) is 1.77. The summed E-state index contributed by atoms with van der Waals surface area (Å²) < 4.78 is 0.899. The molecule has 0 saturated heterocycles. The molecule has 1 aliphatic heterocycles. The number of hydrogen-bond acceptors (Lipinski definition) is 7. The molecule has 1 aliphatic rings. The molecular weight excluding hydrogens is 344 g/mol. The Bertz CT molecular complexity index is 712. The predicted octanol–water partition coefficient (Wildman–Crippen LogP) is 3.14. The van der Waals surface area contributed by atoms with E-state index >= 15 is 0 Å². The first-order valence-electron chi connectivity index (χ1n) is 7.86. The molecule has 2 aromatic rings. The Balaban J connectivity index is 1.47. The highest BCUT2D eigenvalue weighted by molar-refractivity contribution is 8.01. The second kappa shape index (κ2) is 7.76. The number of hydrogen-bond donors (Lipinski definition) is 1. The number of benzene rings is 1. The van der Waals surface area contributed by atoms with E-state index in [-0.39, 0.29) is 11.8 Å². The average molecular weight is 362 g/mol. The standard InChI is InChI=1S/C16H18N4O2S2/c1-2-8-17-15-18-19-16(24-15)23-10-5-9-20-13(21)11-6-3-4-7-12(11)14(20)22/h3-4,6-7H,2,5,8-10H2,1H3,(H,17,18). The molecule has 6 nitrogen and oxygen atoms in total. The Morgan fingerprint density at radius 3 is 2.54 bits per heavy atom. The highest BCUT2D eigenvalue weighted by Crippen LogP contribution is 2.27. The number of nitrogens with zero attached hydrogens (tertiary/aromatic N) is 3. The molecule has 1 aromatic heterocycles. The summed E-state index contributed by atoms with van der Waals surface area (Å²) in [6, 6.07) is 6.97. The third-order valence-corrected chi connectivity index (χ3v) is 5.66. The van der Waals surface area contributed by atoms with Crippen LogP contribution in [0.2, 0.25) is 0 Å². The number of fused-ring (bicyclic) bond motifs is 1. The number of carbonyl (C=O) groups excluding carboxylic acids is 2. The summed E-state index contributed by atoms with van der Waals surface area (Å²) in [5.74, 6) is 0.403. The largest absolute Gasteiger partial charge is 0.360 e. The number of anilines is 1. The first kappa shape index (κ1) is 16.9. The minimum atomic E-state index is -0.192. The third-order valence-electron chi connectivity index (χ3n) is 3.56. The molecule has 0 atom stereocenters. The lowest BCUT2D eigenvalue weighted by Crippen LogP contribution is -2.30. The molecule has 1 N–H and O–H groups in total.